The number of carbonyl (C=O) groups excluding carboxylic acids is 1. The van der Waals surface area contributed by atoms with Crippen molar-refractivity contribution in [2.24, 2.45) is 5.73 Å². The molecule has 5 nitrogen and oxygen atoms in total. The molecule has 0 aliphatic rings. The number of carbonyl (C=O) groups is 1. The average molecular weight is 218 g/mol. The van der Waals surface area contributed by atoms with Gasteiger partial charge in [-0.25, -0.2) is 0 Å². The Labute approximate surface area is 91.3 Å². The van der Waals surface area contributed by atoms with Crippen molar-refractivity contribution < 1.29 is 14.3 Å². The maximum atomic E-state index is 10.3. The minimum Gasteiger partial charge on any atom is -0.380 e. The fraction of sp³-hybridized carbons (Fsp3) is 0.900. The Kier molecular flexibility index (Phi) is 10.9. The van der Waals surface area contributed by atoms with E-state index in [1.165, 1.54) is 0 Å². The third kappa shape index (κ3) is 13.3. The zero-order chi connectivity index (χ0) is 11.4. The second-order valence-corrected chi connectivity index (χ2v) is 3.23. The molecule has 0 saturated heterocycles. The molecule has 0 spiro atoms. The second-order valence-electron chi connectivity index (χ2n) is 3.23. The van der Waals surface area contributed by atoms with Crippen LogP contribution in [0.3, 0.4) is 0 Å². The molecule has 0 radical (unpaired) electrons. The summed E-state index contributed by atoms with van der Waals surface area (Å²) in [7, 11) is 0. The van der Waals surface area contributed by atoms with Crippen molar-refractivity contribution in [2.75, 3.05) is 39.5 Å². The highest BCUT2D eigenvalue weighted by molar-refractivity contribution is 5.74. The quantitative estimate of drug-likeness (QED) is 0.475. The zero-order valence-corrected chi connectivity index (χ0v) is 9.46. The van der Waals surface area contributed by atoms with Gasteiger partial charge < -0.3 is 20.5 Å². The molecule has 15 heavy (non-hydrogen) atoms. The highest BCUT2D eigenvalue weighted by Crippen LogP contribution is 1.86. The minimum absolute atomic E-state index is 0.00528. The lowest BCUT2D eigenvalue weighted by molar-refractivity contribution is -0.122. The molecule has 0 heterocycles. The van der Waals surface area contributed by atoms with Crippen molar-refractivity contribution in [3.05, 3.63) is 0 Å². The minimum atomic E-state index is -0.433. The Morgan fingerprint density at radius 1 is 1.20 bits per heavy atom. The van der Waals surface area contributed by atoms with E-state index in [1.54, 1.807) is 0 Å². The number of primary amides is 1. The largest absolute Gasteiger partial charge is 0.380 e. The molecule has 1 amide bonds. The third-order valence-corrected chi connectivity index (χ3v) is 1.73. The molecule has 0 aliphatic carbocycles. The van der Waals surface area contributed by atoms with Gasteiger partial charge in [0.05, 0.1) is 13.2 Å². The zero-order valence-electron chi connectivity index (χ0n) is 9.46. The lowest BCUT2D eigenvalue weighted by atomic mass is 10.4. The highest BCUT2D eigenvalue weighted by Gasteiger charge is 1.93. The Hall–Kier alpha value is -0.650. The summed E-state index contributed by atoms with van der Waals surface area (Å²) in [6.45, 7) is 5.70. The molecule has 90 valence electrons. The van der Waals surface area contributed by atoms with Crippen molar-refractivity contribution in [1.82, 2.24) is 5.32 Å². The molecule has 0 aliphatic heterocycles. The van der Waals surface area contributed by atoms with Crippen molar-refractivity contribution in [3.63, 3.8) is 0 Å². The topological polar surface area (TPSA) is 73.6 Å². The molecular weight excluding hydrogens is 196 g/mol. The van der Waals surface area contributed by atoms with E-state index in [2.05, 4.69) is 12.2 Å². The number of hydrogen-bond donors (Lipinski definition) is 2. The Morgan fingerprint density at radius 2 is 1.87 bits per heavy atom. The maximum Gasteiger partial charge on any atom is 0.243 e. The molecule has 0 aromatic rings. The monoisotopic (exact) mass is 218 g/mol. The van der Waals surface area contributed by atoms with Crippen LogP contribution in [0.2, 0.25) is 0 Å². The van der Waals surface area contributed by atoms with E-state index in [1.807, 2.05) is 0 Å². The number of unbranched alkanes of at least 4 members (excludes halogenated alkanes) is 1. The third-order valence-electron chi connectivity index (χ3n) is 1.73. The van der Waals surface area contributed by atoms with Gasteiger partial charge >= 0.3 is 0 Å². The molecular formula is C10H22N2O3. The summed E-state index contributed by atoms with van der Waals surface area (Å²) in [4.78, 5) is 10.3. The lowest BCUT2D eigenvalue weighted by Crippen LogP contribution is -2.26. The van der Waals surface area contributed by atoms with Gasteiger partial charge in [0.2, 0.25) is 5.91 Å². The van der Waals surface area contributed by atoms with E-state index >= 15 is 0 Å². The van der Waals surface area contributed by atoms with Gasteiger partial charge in [-0.15, -0.1) is 0 Å². The first-order valence-electron chi connectivity index (χ1n) is 5.42. The maximum absolute atomic E-state index is 10.3. The van der Waals surface area contributed by atoms with Crippen LogP contribution in [0, 0.1) is 0 Å². The SMILES string of the molecule is CCCCOCCNCCOCC(N)=O. The molecule has 0 aromatic carbocycles. The van der Waals surface area contributed by atoms with E-state index < -0.39 is 5.91 Å². The smallest absolute Gasteiger partial charge is 0.243 e. The van der Waals surface area contributed by atoms with Gasteiger partial charge in [-0.3, -0.25) is 4.79 Å². The van der Waals surface area contributed by atoms with Crippen LogP contribution in [0.25, 0.3) is 0 Å². The molecule has 0 fully saturated rings. The van der Waals surface area contributed by atoms with Crippen LogP contribution in [-0.4, -0.2) is 45.4 Å². The second kappa shape index (κ2) is 11.4. The van der Waals surface area contributed by atoms with Crippen molar-refractivity contribution in [1.29, 1.82) is 0 Å². The van der Waals surface area contributed by atoms with Gasteiger partial charge in [-0.2, -0.15) is 0 Å². The summed E-state index contributed by atoms with van der Waals surface area (Å²) < 4.78 is 10.3. The summed E-state index contributed by atoms with van der Waals surface area (Å²) in [5.41, 5.74) is 4.90. The predicted molar refractivity (Wildman–Crippen MR) is 58.6 cm³/mol. The lowest BCUT2D eigenvalue weighted by Gasteiger charge is -2.05. The summed E-state index contributed by atoms with van der Waals surface area (Å²) >= 11 is 0. The molecule has 0 saturated carbocycles. The fourth-order valence-electron chi connectivity index (χ4n) is 0.935. The Bertz CT molecular complexity index is 154. The first-order chi connectivity index (χ1) is 7.27. The number of nitrogens with one attached hydrogen (secondary N) is 1. The van der Waals surface area contributed by atoms with Crippen molar-refractivity contribution in [3.8, 4) is 0 Å². The normalized spacial score (nSPS) is 10.5. The molecule has 3 N–H and O–H groups in total. The van der Waals surface area contributed by atoms with Gasteiger partial charge in [0, 0.05) is 19.7 Å². The molecule has 0 aromatic heterocycles. The van der Waals surface area contributed by atoms with E-state index in [-0.39, 0.29) is 6.61 Å². The van der Waals surface area contributed by atoms with Crippen LogP contribution >= 0.6 is 0 Å². The average Bonchev–Trinajstić information content (AvgIpc) is 2.20. The van der Waals surface area contributed by atoms with Crippen LogP contribution in [0.1, 0.15) is 19.8 Å². The molecule has 0 rings (SSSR count). The first-order valence-corrected chi connectivity index (χ1v) is 5.42. The van der Waals surface area contributed by atoms with Gasteiger partial charge in [-0.05, 0) is 6.42 Å². The van der Waals surface area contributed by atoms with Crippen molar-refractivity contribution in [2.45, 2.75) is 19.8 Å². The number of rotatable bonds is 11. The summed E-state index contributed by atoms with van der Waals surface area (Å²) in [5, 5.41) is 3.13. The number of hydrogen-bond acceptors (Lipinski definition) is 4. The molecule has 0 atom stereocenters. The Balaban J connectivity index is 2.89. The van der Waals surface area contributed by atoms with E-state index in [9.17, 15) is 4.79 Å². The van der Waals surface area contributed by atoms with Crippen molar-refractivity contribution >= 4 is 5.91 Å². The van der Waals surface area contributed by atoms with Crippen LogP contribution < -0.4 is 11.1 Å². The predicted octanol–water partition coefficient (Wildman–Crippen LogP) is -0.105. The van der Waals surface area contributed by atoms with Gasteiger partial charge in [0.1, 0.15) is 6.61 Å². The standard InChI is InChI=1S/C10H22N2O3/c1-2-3-6-14-7-4-12-5-8-15-9-10(11)13/h12H,2-9H2,1H3,(H2,11,13). The Morgan fingerprint density at radius 3 is 2.47 bits per heavy atom. The van der Waals surface area contributed by atoms with Gasteiger partial charge in [0.15, 0.2) is 0 Å². The van der Waals surface area contributed by atoms with E-state index in [0.29, 0.717) is 13.2 Å². The number of ether oxygens (including phenoxy) is 2. The van der Waals surface area contributed by atoms with E-state index in [0.717, 1.165) is 32.6 Å². The van der Waals surface area contributed by atoms with Crippen LogP contribution in [0.4, 0.5) is 0 Å². The number of nitrogens with two attached hydrogens (primary N) is 1. The summed E-state index contributed by atoms with van der Waals surface area (Å²) in [6, 6.07) is 0. The van der Waals surface area contributed by atoms with E-state index in [4.69, 9.17) is 15.2 Å². The molecule has 0 unspecified atom stereocenters. The fourth-order valence-corrected chi connectivity index (χ4v) is 0.935. The van der Waals surface area contributed by atoms with Crippen LogP contribution in [0.15, 0.2) is 0 Å². The number of amides is 1. The molecule has 0 bridgehead atoms. The van der Waals surface area contributed by atoms with Crippen LogP contribution in [0.5, 0.6) is 0 Å². The summed E-state index contributed by atoms with van der Waals surface area (Å²) in [5.74, 6) is -0.433. The first kappa shape index (κ1) is 14.3. The van der Waals surface area contributed by atoms with Gasteiger partial charge in [-0.1, -0.05) is 13.3 Å². The van der Waals surface area contributed by atoms with Crippen LogP contribution in [-0.2, 0) is 14.3 Å². The van der Waals surface area contributed by atoms with Gasteiger partial charge in [0.25, 0.3) is 0 Å². The molecule has 5 heteroatoms. The highest BCUT2D eigenvalue weighted by atomic mass is 16.5. The summed E-state index contributed by atoms with van der Waals surface area (Å²) in [6.07, 6.45) is 2.27.